The van der Waals surface area contributed by atoms with Crippen molar-refractivity contribution < 1.29 is 4.79 Å². The van der Waals surface area contributed by atoms with E-state index in [1.54, 1.807) is 0 Å². The molecule has 5 nitrogen and oxygen atoms in total. The molecule has 0 aliphatic carbocycles. The lowest BCUT2D eigenvalue weighted by molar-refractivity contribution is 0.0939. The quantitative estimate of drug-likeness (QED) is 0.892. The third-order valence-corrected chi connectivity index (χ3v) is 5.96. The van der Waals surface area contributed by atoms with Crippen molar-refractivity contribution in [1.82, 2.24) is 10.3 Å². The molecule has 0 spiro atoms. The number of hydrogen-bond acceptors (Lipinski definition) is 6. The van der Waals surface area contributed by atoms with Crippen LogP contribution in [-0.4, -0.2) is 41.5 Å². The molecule has 0 saturated carbocycles. The minimum absolute atomic E-state index is 0.0534. The average molecular weight is 312 g/mol. The standard InChI is InChI=1S/C13H20N4OS2/c14-11-10(12(18)15-9-3-7-19-8-4-9)20-13(16-11)17-5-1-2-6-17/h9H,1-8,14H2,(H,15,18). The fraction of sp³-hybridized carbons (Fsp3) is 0.692. The van der Waals surface area contributed by atoms with Gasteiger partial charge in [-0.15, -0.1) is 0 Å². The molecule has 1 amide bonds. The first-order chi connectivity index (χ1) is 9.74. The van der Waals surface area contributed by atoms with Gasteiger partial charge in [-0.2, -0.15) is 11.8 Å². The second-order valence-corrected chi connectivity index (χ2v) is 7.47. The van der Waals surface area contributed by atoms with Crippen molar-refractivity contribution in [2.75, 3.05) is 35.2 Å². The lowest BCUT2D eigenvalue weighted by atomic mass is 10.1. The van der Waals surface area contributed by atoms with Gasteiger partial charge in [0.15, 0.2) is 5.13 Å². The van der Waals surface area contributed by atoms with Crippen molar-refractivity contribution in [3.8, 4) is 0 Å². The predicted molar refractivity (Wildman–Crippen MR) is 85.8 cm³/mol. The minimum atomic E-state index is -0.0534. The van der Waals surface area contributed by atoms with Gasteiger partial charge in [-0.05, 0) is 37.2 Å². The molecule has 3 heterocycles. The lowest BCUT2D eigenvalue weighted by Crippen LogP contribution is -2.37. The Morgan fingerprint density at radius 3 is 2.70 bits per heavy atom. The number of anilines is 2. The van der Waals surface area contributed by atoms with Gasteiger partial charge in [0.2, 0.25) is 0 Å². The highest BCUT2D eigenvalue weighted by Gasteiger charge is 2.23. The number of thioether (sulfide) groups is 1. The first-order valence-corrected chi connectivity index (χ1v) is 9.11. The summed E-state index contributed by atoms with van der Waals surface area (Å²) in [5, 5.41) is 3.99. The molecule has 1 aromatic heterocycles. The van der Waals surface area contributed by atoms with Crippen molar-refractivity contribution in [3.63, 3.8) is 0 Å². The summed E-state index contributed by atoms with van der Waals surface area (Å²) in [7, 11) is 0. The summed E-state index contributed by atoms with van der Waals surface area (Å²) in [6, 6.07) is 0.292. The number of rotatable bonds is 3. The Kier molecular flexibility index (Phi) is 4.35. The molecule has 7 heteroatoms. The topological polar surface area (TPSA) is 71.2 Å². The van der Waals surface area contributed by atoms with Gasteiger partial charge >= 0.3 is 0 Å². The number of carbonyl (C=O) groups excluding carboxylic acids is 1. The molecule has 2 aliphatic heterocycles. The van der Waals surface area contributed by atoms with Crippen LogP contribution in [0.1, 0.15) is 35.4 Å². The summed E-state index contributed by atoms with van der Waals surface area (Å²) >= 11 is 3.38. The fourth-order valence-electron chi connectivity index (χ4n) is 2.62. The first kappa shape index (κ1) is 14.0. The molecule has 0 atom stereocenters. The maximum atomic E-state index is 12.3. The minimum Gasteiger partial charge on any atom is -0.382 e. The molecule has 0 bridgehead atoms. The van der Waals surface area contributed by atoms with Gasteiger partial charge in [0.05, 0.1) is 0 Å². The van der Waals surface area contributed by atoms with Crippen LogP contribution in [0.3, 0.4) is 0 Å². The molecule has 0 aromatic carbocycles. The number of nitrogen functional groups attached to an aromatic ring is 1. The number of amides is 1. The maximum Gasteiger partial charge on any atom is 0.265 e. The molecule has 2 fully saturated rings. The van der Waals surface area contributed by atoms with Crippen LogP contribution in [0.4, 0.5) is 10.9 Å². The van der Waals surface area contributed by atoms with Crippen molar-refractivity contribution in [3.05, 3.63) is 4.88 Å². The molecular weight excluding hydrogens is 292 g/mol. The van der Waals surface area contributed by atoms with Crippen LogP contribution in [0, 0.1) is 0 Å². The van der Waals surface area contributed by atoms with E-state index in [9.17, 15) is 4.79 Å². The fourth-order valence-corrected chi connectivity index (χ4v) is 4.67. The van der Waals surface area contributed by atoms with E-state index in [-0.39, 0.29) is 5.91 Å². The Balaban J connectivity index is 1.67. The molecule has 2 saturated heterocycles. The van der Waals surface area contributed by atoms with Gasteiger partial charge in [-0.1, -0.05) is 11.3 Å². The van der Waals surface area contributed by atoms with Gasteiger partial charge in [-0.25, -0.2) is 4.98 Å². The summed E-state index contributed by atoms with van der Waals surface area (Å²) < 4.78 is 0. The summed E-state index contributed by atoms with van der Waals surface area (Å²) in [6.45, 7) is 2.04. The summed E-state index contributed by atoms with van der Waals surface area (Å²) in [4.78, 5) is 19.5. The zero-order valence-electron chi connectivity index (χ0n) is 11.4. The van der Waals surface area contributed by atoms with Crippen molar-refractivity contribution in [2.45, 2.75) is 31.7 Å². The molecule has 0 unspecified atom stereocenters. The molecule has 3 rings (SSSR count). The zero-order chi connectivity index (χ0) is 13.9. The SMILES string of the molecule is Nc1nc(N2CCCC2)sc1C(=O)NC1CCSCC1. The largest absolute Gasteiger partial charge is 0.382 e. The highest BCUT2D eigenvalue weighted by atomic mass is 32.2. The van der Waals surface area contributed by atoms with Gasteiger partial charge < -0.3 is 16.0 Å². The molecule has 20 heavy (non-hydrogen) atoms. The average Bonchev–Trinajstić information content (AvgIpc) is 3.08. The Hall–Kier alpha value is -0.950. The second-order valence-electron chi connectivity index (χ2n) is 5.27. The van der Waals surface area contributed by atoms with Crippen LogP contribution in [0.15, 0.2) is 0 Å². The summed E-state index contributed by atoms with van der Waals surface area (Å²) in [5.41, 5.74) is 5.92. The van der Waals surface area contributed by atoms with E-state index in [2.05, 4.69) is 15.2 Å². The smallest absolute Gasteiger partial charge is 0.265 e. The van der Waals surface area contributed by atoms with E-state index in [0.717, 1.165) is 42.6 Å². The number of aromatic nitrogens is 1. The number of nitrogens with two attached hydrogens (primary N) is 1. The van der Waals surface area contributed by atoms with Gasteiger partial charge in [0, 0.05) is 19.1 Å². The number of nitrogens with zero attached hydrogens (tertiary/aromatic N) is 2. The normalized spacial score (nSPS) is 20.3. The van der Waals surface area contributed by atoms with E-state index < -0.39 is 0 Å². The Labute approximate surface area is 127 Å². The van der Waals surface area contributed by atoms with Gasteiger partial charge in [0.1, 0.15) is 10.7 Å². The molecule has 0 radical (unpaired) electrons. The van der Waals surface area contributed by atoms with Crippen LogP contribution in [0.5, 0.6) is 0 Å². The number of hydrogen-bond donors (Lipinski definition) is 2. The highest BCUT2D eigenvalue weighted by Crippen LogP contribution is 2.30. The Morgan fingerprint density at radius 1 is 1.30 bits per heavy atom. The second kappa shape index (κ2) is 6.22. The summed E-state index contributed by atoms with van der Waals surface area (Å²) in [5.74, 6) is 2.58. The predicted octanol–water partition coefficient (Wildman–Crippen LogP) is 1.95. The third-order valence-electron chi connectivity index (χ3n) is 3.78. The van der Waals surface area contributed by atoms with E-state index in [1.807, 2.05) is 11.8 Å². The molecule has 110 valence electrons. The van der Waals surface area contributed by atoms with Crippen molar-refractivity contribution in [1.29, 1.82) is 0 Å². The van der Waals surface area contributed by atoms with E-state index >= 15 is 0 Å². The molecule has 3 N–H and O–H groups in total. The molecule has 1 aromatic rings. The van der Waals surface area contributed by atoms with Crippen LogP contribution in [0.25, 0.3) is 0 Å². The van der Waals surface area contributed by atoms with Crippen molar-refractivity contribution >= 4 is 40.0 Å². The molecule has 2 aliphatic rings. The maximum absolute atomic E-state index is 12.3. The van der Waals surface area contributed by atoms with Crippen LogP contribution in [-0.2, 0) is 0 Å². The number of nitrogens with one attached hydrogen (secondary N) is 1. The van der Waals surface area contributed by atoms with Crippen LogP contribution < -0.4 is 16.0 Å². The van der Waals surface area contributed by atoms with Crippen molar-refractivity contribution in [2.24, 2.45) is 0 Å². The summed E-state index contributed by atoms with van der Waals surface area (Å²) in [6.07, 6.45) is 4.49. The molecular formula is C13H20N4OS2. The Morgan fingerprint density at radius 2 is 2.00 bits per heavy atom. The van der Waals surface area contributed by atoms with Crippen LogP contribution in [0.2, 0.25) is 0 Å². The van der Waals surface area contributed by atoms with E-state index in [0.29, 0.717) is 16.7 Å². The number of thiazole rings is 1. The monoisotopic (exact) mass is 312 g/mol. The number of carbonyl (C=O) groups is 1. The van der Waals surface area contributed by atoms with Gasteiger partial charge in [0.25, 0.3) is 5.91 Å². The van der Waals surface area contributed by atoms with E-state index in [1.165, 1.54) is 24.2 Å². The van der Waals surface area contributed by atoms with Crippen LogP contribution >= 0.6 is 23.1 Å². The lowest BCUT2D eigenvalue weighted by Gasteiger charge is -2.22. The third kappa shape index (κ3) is 3.03. The zero-order valence-corrected chi connectivity index (χ0v) is 13.1. The first-order valence-electron chi connectivity index (χ1n) is 7.14. The van der Waals surface area contributed by atoms with Gasteiger partial charge in [-0.3, -0.25) is 4.79 Å². The highest BCUT2D eigenvalue weighted by molar-refractivity contribution is 7.99. The van der Waals surface area contributed by atoms with E-state index in [4.69, 9.17) is 5.73 Å². The Bertz CT molecular complexity index is 479.